The van der Waals surface area contributed by atoms with Crippen molar-refractivity contribution in [3.8, 4) is 0 Å². The van der Waals surface area contributed by atoms with E-state index in [1.807, 2.05) is 0 Å². The van der Waals surface area contributed by atoms with Crippen LogP contribution >= 0.6 is 0 Å². The molecule has 1 amide bonds. The van der Waals surface area contributed by atoms with Crippen LogP contribution in [-0.2, 0) is 9.53 Å². The van der Waals surface area contributed by atoms with Gasteiger partial charge in [0.05, 0.1) is 31.0 Å². The normalized spacial score (nSPS) is 35.4. The van der Waals surface area contributed by atoms with Crippen LogP contribution < -0.4 is 5.32 Å². The smallest absolute Gasteiger partial charge is 0.217 e. The monoisotopic (exact) mass is 337 g/mol. The molecular weight excluding hydrogens is 310 g/mol. The number of hydrogen-bond acceptors (Lipinski definition) is 8. The minimum Gasteiger partial charge on any atom is -0.396 e. The second-order valence-electron chi connectivity index (χ2n) is 6.06. The number of nitrogens with one attached hydrogen (secondary N) is 1. The van der Waals surface area contributed by atoms with Gasteiger partial charge < -0.3 is 40.7 Å². The molecule has 136 valence electrons. The quantitative estimate of drug-likeness (QED) is 0.254. The van der Waals surface area contributed by atoms with E-state index in [0.717, 1.165) is 0 Å². The lowest BCUT2D eigenvalue weighted by molar-refractivity contribution is -0.182. The highest BCUT2D eigenvalue weighted by atomic mass is 16.5. The number of aliphatic hydroxyl groups excluding tert-OH is 6. The summed E-state index contributed by atoms with van der Waals surface area (Å²) in [6.45, 7) is 2.01. The number of rotatable bonds is 7. The molecule has 1 fully saturated rings. The van der Waals surface area contributed by atoms with Gasteiger partial charge in [-0.25, -0.2) is 0 Å². The molecule has 0 aliphatic heterocycles. The highest BCUT2D eigenvalue weighted by Gasteiger charge is 2.43. The van der Waals surface area contributed by atoms with Crippen LogP contribution in [0.2, 0.25) is 0 Å². The molecule has 1 rings (SSSR count). The minimum absolute atomic E-state index is 0.105. The zero-order valence-corrected chi connectivity index (χ0v) is 13.2. The third-order valence-electron chi connectivity index (χ3n) is 4.12. The van der Waals surface area contributed by atoms with Gasteiger partial charge in [0.15, 0.2) is 0 Å². The second-order valence-corrected chi connectivity index (χ2v) is 6.06. The van der Waals surface area contributed by atoms with Crippen molar-refractivity contribution < 1.29 is 40.2 Å². The van der Waals surface area contributed by atoms with E-state index >= 15 is 0 Å². The highest BCUT2D eigenvalue weighted by molar-refractivity contribution is 5.73. The topological polar surface area (TPSA) is 160 Å². The SMILES string of the molecule is CC(=O)NC(COC1CC(CO)C(O)C(O)C1O)C(O)C(C)O. The summed E-state index contributed by atoms with van der Waals surface area (Å²) in [4.78, 5) is 11.2. The Labute approximate surface area is 134 Å². The van der Waals surface area contributed by atoms with Crippen LogP contribution in [0.3, 0.4) is 0 Å². The van der Waals surface area contributed by atoms with Crippen molar-refractivity contribution in [3.05, 3.63) is 0 Å². The van der Waals surface area contributed by atoms with E-state index in [2.05, 4.69) is 5.32 Å². The Morgan fingerprint density at radius 1 is 1.22 bits per heavy atom. The van der Waals surface area contributed by atoms with Crippen molar-refractivity contribution in [1.29, 1.82) is 0 Å². The van der Waals surface area contributed by atoms with E-state index in [9.17, 15) is 35.4 Å². The van der Waals surface area contributed by atoms with Gasteiger partial charge in [0.1, 0.15) is 18.3 Å². The zero-order valence-electron chi connectivity index (χ0n) is 13.2. The van der Waals surface area contributed by atoms with Crippen molar-refractivity contribution in [2.45, 2.75) is 62.9 Å². The lowest BCUT2D eigenvalue weighted by atomic mass is 9.81. The maximum absolute atomic E-state index is 11.2. The summed E-state index contributed by atoms with van der Waals surface area (Å²) in [5, 5.41) is 60.4. The third-order valence-corrected chi connectivity index (χ3v) is 4.12. The first-order chi connectivity index (χ1) is 10.7. The van der Waals surface area contributed by atoms with Crippen LogP contribution in [0.1, 0.15) is 20.3 Å². The van der Waals surface area contributed by atoms with Gasteiger partial charge in [-0.3, -0.25) is 4.79 Å². The van der Waals surface area contributed by atoms with Gasteiger partial charge in [0.2, 0.25) is 5.91 Å². The number of aliphatic hydroxyl groups is 6. The Bertz CT molecular complexity index is 378. The Kier molecular flexibility index (Phi) is 7.81. The summed E-state index contributed by atoms with van der Waals surface area (Å²) in [6.07, 6.45) is -7.26. The molecule has 7 N–H and O–H groups in total. The molecule has 0 aromatic heterocycles. The van der Waals surface area contributed by atoms with Crippen molar-refractivity contribution in [1.82, 2.24) is 5.32 Å². The van der Waals surface area contributed by atoms with Crippen LogP contribution in [0.15, 0.2) is 0 Å². The molecule has 8 atom stereocenters. The first kappa shape index (κ1) is 20.2. The number of amides is 1. The molecule has 1 saturated carbocycles. The van der Waals surface area contributed by atoms with E-state index in [0.29, 0.717) is 0 Å². The molecule has 0 radical (unpaired) electrons. The summed E-state index contributed by atoms with van der Waals surface area (Å²) in [6, 6.07) is -0.906. The van der Waals surface area contributed by atoms with E-state index in [1.54, 1.807) is 0 Å². The number of hydrogen-bond donors (Lipinski definition) is 7. The molecule has 23 heavy (non-hydrogen) atoms. The molecule has 0 bridgehead atoms. The van der Waals surface area contributed by atoms with Crippen molar-refractivity contribution in [3.63, 3.8) is 0 Å². The predicted octanol–water partition coefficient (Wildman–Crippen LogP) is -3.29. The van der Waals surface area contributed by atoms with Crippen molar-refractivity contribution in [2.24, 2.45) is 5.92 Å². The first-order valence-electron chi connectivity index (χ1n) is 7.58. The third kappa shape index (κ3) is 5.35. The molecule has 0 saturated heterocycles. The van der Waals surface area contributed by atoms with Gasteiger partial charge >= 0.3 is 0 Å². The van der Waals surface area contributed by atoms with E-state index in [1.165, 1.54) is 13.8 Å². The molecule has 0 heterocycles. The van der Waals surface area contributed by atoms with Crippen molar-refractivity contribution >= 4 is 5.91 Å². The second kappa shape index (κ2) is 8.88. The molecule has 0 spiro atoms. The van der Waals surface area contributed by atoms with E-state index in [4.69, 9.17) is 4.74 Å². The summed E-state index contributed by atoms with van der Waals surface area (Å²) < 4.78 is 5.46. The Balaban J connectivity index is 2.69. The standard InChI is InChI=1S/C14H27NO8/c1-6(17)11(19)9(15-7(2)18)5-23-10-3-8(4-16)12(20)14(22)13(10)21/h6,8-14,16-17,19-22H,3-5H2,1-2H3,(H,15,18). The summed E-state index contributed by atoms with van der Waals surface area (Å²) in [5.74, 6) is -1.08. The molecule has 9 heteroatoms. The molecule has 8 unspecified atom stereocenters. The van der Waals surface area contributed by atoms with Crippen LogP contribution in [0.5, 0.6) is 0 Å². The average molecular weight is 337 g/mol. The first-order valence-corrected chi connectivity index (χ1v) is 7.58. The number of carbonyl (C=O) groups excluding carboxylic acids is 1. The Morgan fingerprint density at radius 2 is 1.83 bits per heavy atom. The number of ether oxygens (including phenoxy) is 1. The number of carbonyl (C=O) groups is 1. The summed E-state index contributed by atoms with van der Waals surface area (Å²) in [7, 11) is 0. The maximum Gasteiger partial charge on any atom is 0.217 e. The zero-order chi connectivity index (χ0) is 17.7. The van der Waals surface area contributed by atoms with Gasteiger partial charge in [0, 0.05) is 19.4 Å². The fourth-order valence-electron chi connectivity index (χ4n) is 2.68. The fraction of sp³-hybridized carbons (Fsp3) is 0.929. The van der Waals surface area contributed by atoms with Crippen LogP contribution in [0.4, 0.5) is 0 Å². The average Bonchev–Trinajstić information content (AvgIpc) is 2.49. The predicted molar refractivity (Wildman–Crippen MR) is 78.2 cm³/mol. The molecule has 1 aliphatic rings. The van der Waals surface area contributed by atoms with Gasteiger partial charge in [-0.05, 0) is 13.3 Å². The molecule has 9 nitrogen and oxygen atoms in total. The summed E-state index contributed by atoms with van der Waals surface area (Å²) >= 11 is 0. The Morgan fingerprint density at radius 3 is 2.30 bits per heavy atom. The lowest BCUT2D eigenvalue weighted by Gasteiger charge is -2.40. The molecule has 1 aliphatic carbocycles. The fourth-order valence-corrected chi connectivity index (χ4v) is 2.68. The van der Waals surface area contributed by atoms with Gasteiger partial charge in [0.25, 0.3) is 0 Å². The molecule has 0 aromatic rings. The van der Waals surface area contributed by atoms with Gasteiger partial charge in [-0.15, -0.1) is 0 Å². The van der Waals surface area contributed by atoms with Gasteiger partial charge in [-0.1, -0.05) is 0 Å². The van der Waals surface area contributed by atoms with E-state index < -0.39 is 54.5 Å². The molecular formula is C14H27NO8. The van der Waals surface area contributed by atoms with Crippen LogP contribution in [-0.4, -0.2) is 92.4 Å². The van der Waals surface area contributed by atoms with Crippen LogP contribution in [0.25, 0.3) is 0 Å². The van der Waals surface area contributed by atoms with Gasteiger partial charge in [-0.2, -0.15) is 0 Å². The van der Waals surface area contributed by atoms with E-state index in [-0.39, 0.29) is 19.6 Å². The van der Waals surface area contributed by atoms with Crippen LogP contribution in [0, 0.1) is 5.92 Å². The molecule has 0 aromatic carbocycles. The minimum atomic E-state index is -1.47. The lowest BCUT2D eigenvalue weighted by Crippen LogP contribution is -2.57. The summed E-state index contributed by atoms with van der Waals surface area (Å²) in [5.41, 5.74) is 0. The Hall–Kier alpha value is -0.810. The maximum atomic E-state index is 11.2. The van der Waals surface area contributed by atoms with Crippen molar-refractivity contribution in [2.75, 3.05) is 13.2 Å². The largest absolute Gasteiger partial charge is 0.396 e. The highest BCUT2D eigenvalue weighted by Crippen LogP contribution is 2.27.